The van der Waals surface area contributed by atoms with Crippen LogP contribution in [0.5, 0.6) is 0 Å². The first-order valence-corrected chi connectivity index (χ1v) is 11.2. The number of carbonyl (C=O) groups is 1. The SMILES string of the molecule is CNCCCNc1nc(Nc2ccc3c(c2)CCN(CC(=O)C(C)(C)O)C3)ncc1C(F)(F)F. The second kappa shape index (κ2) is 10.7. The molecule has 1 aliphatic heterocycles. The third-order valence-corrected chi connectivity index (χ3v) is 5.59. The second-order valence-corrected chi connectivity index (χ2v) is 8.89. The molecule has 4 N–H and O–H groups in total. The van der Waals surface area contributed by atoms with Gasteiger partial charge in [-0.15, -0.1) is 0 Å². The lowest BCUT2D eigenvalue weighted by atomic mass is 9.97. The van der Waals surface area contributed by atoms with Crippen molar-refractivity contribution in [2.45, 2.75) is 45.0 Å². The first-order chi connectivity index (χ1) is 16.0. The number of nitrogens with one attached hydrogen (secondary N) is 3. The van der Waals surface area contributed by atoms with Crippen molar-refractivity contribution < 1.29 is 23.1 Å². The van der Waals surface area contributed by atoms with E-state index < -0.39 is 17.3 Å². The van der Waals surface area contributed by atoms with Crippen LogP contribution in [-0.2, 0) is 23.9 Å². The Hall–Kier alpha value is -2.76. The highest BCUT2D eigenvalue weighted by Gasteiger charge is 2.35. The van der Waals surface area contributed by atoms with Gasteiger partial charge in [0.05, 0.1) is 6.54 Å². The number of aliphatic hydroxyl groups is 1. The molecule has 0 amide bonds. The van der Waals surface area contributed by atoms with Crippen molar-refractivity contribution in [1.82, 2.24) is 20.2 Å². The molecule has 1 aromatic carbocycles. The Kier molecular flexibility index (Phi) is 8.11. The van der Waals surface area contributed by atoms with Gasteiger partial charge in [0.25, 0.3) is 0 Å². The summed E-state index contributed by atoms with van der Waals surface area (Å²) in [7, 11) is 1.78. The minimum atomic E-state index is -4.56. The number of fused-ring (bicyclic) bond motifs is 1. The predicted octanol–water partition coefficient (Wildman–Crippen LogP) is 2.96. The highest BCUT2D eigenvalue weighted by molar-refractivity contribution is 5.88. The van der Waals surface area contributed by atoms with Gasteiger partial charge in [-0.3, -0.25) is 9.69 Å². The lowest BCUT2D eigenvalue weighted by molar-refractivity contribution is -0.137. The summed E-state index contributed by atoms with van der Waals surface area (Å²) in [4.78, 5) is 22.0. The Balaban J connectivity index is 1.71. The summed E-state index contributed by atoms with van der Waals surface area (Å²) in [5.74, 6) is -0.424. The molecule has 8 nitrogen and oxygen atoms in total. The van der Waals surface area contributed by atoms with Crippen molar-refractivity contribution in [1.29, 1.82) is 0 Å². The molecule has 186 valence electrons. The van der Waals surface area contributed by atoms with E-state index in [-0.39, 0.29) is 24.1 Å². The second-order valence-electron chi connectivity index (χ2n) is 8.89. The number of anilines is 3. The highest BCUT2D eigenvalue weighted by Crippen LogP contribution is 2.34. The number of benzene rings is 1. The fourth-order valence-corrected chi connectivity index (χ4v) is 3.61. The number of alkyl halides is 3. The Labute approximate surface area is 197 Å². The van der Waals surface area contributed by atoms with Crippen LogP contribution in [0.2, 0.25) is 0 Å². The van der Waals surface area contributed by atoms with Gasteiger partial charge in [0.1, 0.15) is 17.0 Å². The zero-order valence-electron chi connectivity index (χ0n) is 19.6. The first kappa shape index (κ1) is 25.9. The largest absolute Gasteiger partial charge is 0.421 e. The highest BCUT2D eigenvalue weighted by atomic mass is 19.4. The molecular weight excluding hydrogens is 449 g/mol. The van der Waals surface area contributed by atoms with Crippen LogP contribution in [0.3, 0.4) is 0 Å². The molecule has 0 atom stereocenters. The zero-order chi connectivity index (χ0) is 24.9. The van der Waals surface area contributed by atoms with Crippen LogP contribution in [0.15, 0.2) is 24.4 Å². The molecule has 0 radical (unpaired) electrons. The molecule has 2 heterocycles. The minimum Gasteiger partial charge on any atom is -0.383 e. The molecule has 0 fully saturated rings. The van der Waals surface area contributed by atoms with Gasteiger partial charge in [-0.2, -0.15) is 18.2 Å². The standard InChI is InChI=1S/C23H31F3N6O2/c1-22(2,34)19(33)14-32-10-7-15-11-17(6-5-16(15)13-32)30-21-29-12-18(23(24,25)26)20(31-21)28-9-4-8-27-3/h5-6,11-12,27,34H,4,7-10,13-14H2,1-3H3,(H2,28,29,30,31). The third-order valence-electron chi connectivity index (χ3n) is 5.59. The summed E-state index contributed by atoms with van der Waals surface area (Å²) < 4.78 is 40.1. The van der Waals surface area contributed by atoms with E-state index in [0.29, 0.717) is 44.7 Å². The van der Waals surface area contributed by atoms with Crippen molar-refractivity contribution in [2.75, 3.05) is 43.9 Å². The first-order valence-electron chi connectivity index (χ1n) is 11.2. The lowest BCUT2D eigenvalue weighted by Gasteiger charge is -2.30. The average molecular weight is 481 g/mol. The van der Waals surface area contributed by atoms with E-state index in [2.05, 4.69) is 25.9 Å². The van der Waals surface area contributed by atoms with Gasteiger partial charge in [-0.25, -0.2) is 4.98 Å². The molecule has 0 saturated carbocycles. The van der Waals surface area contributed by atoms with Gasteiger partial charge in [0.15, 0.2) is 5.78 Å². The molecule has 1 aliphatic rings. The van der Waals surface area contributed by atoms with E-state index in [1.54, 1.807) is 13.1 Å². The molecular formula is C23H31F3N6O2. The summed E-state index contributed by atoms with van der Waals surface area (Å²) in [6.07, 6.45) is -2.43. The molecule has 0 spiro atoms. The van der Waals surface area contributed by atoms with Gasteiger partial charge in [0.2, 0.25) is 5.95 Å². The van der Waals surface area contributed by atoms with Gasteiger partial charge >= 0.3 is 6.18 Å². The average Bonchev–Trinajstić information content (AvgIpc) is 2.75. The molecule has 34 heavy (non-hydrogen) atoms. The number of hydrogen-bond acceptors (Lipinski definition) is 8. The number of aromatic nitrogens is 2. The number of Topliss-reactive ketones (excluding diaryl/α,β-unsaturated/α-hetero) is 1. The Bertz CT molecular complexity index is 1010. The van der Waals surface area contributed by atoms with Crippen LogP contribution in [0.25, 0.3) is 0 Å². The van der Waals surface area contributed by atoms with Gasteiger partial charge in [0, 0.05) is 31.5 Å². The van der Waals surface area contributed by atoms with Crippen LogP contribution in [0.4, 0.5) is 30.6 Å². The normalized spacial score (nSPS) is 14.6. The number of rotatable bonds is 10. The Morgan fingerprint density at radius 3 is 2.65 bits per heavy atom. The van der Waals surface area contributed by atoms with Crippen molar-refractivity contribution >= 4 is 23.2 Å². The summed E-state index contributed by atoms with van der Waals surface area (Å²) in [6, 6.07) is 5.64. The topological polar surface area (TPSA) is 102 Å². The minimum absolute atomic E-state index is 0.0669. The van der Waals surface area contributed by atoms with Crippen LogP contribution in [-0.4, -0.2) is 64.6 Å². The number of ketones is 1. The zero-order valence-corrected chi connectivity index (χ0v) is 19.6. The number of halogens is 3. The van der Waals surface area contributed by atoms with Crippen molar-refractivity contribution in [2.24, 2.45) is 0 Å². The summed E-state index contributed by atoms with van der Waals surface area (Å²) >= 11 is 0. The van der Waals surface area contributed by atoms with E-state index in [1.807, 2.05) is 17.0 Å². The number of hydrogen-bond donors (Lipinski definition) is 4. The van der Waals surface area contributed by atoms with Crippen molar-refractivity contribution in [3.63, 3.8) is 0 Å². The van der Waals surface area contributed by atoms with Crippen LogP contribution >= 0.6 is 0 Å². The van der Waals surface area contributed by atoms with E-state index in [0.717, 1.165) is 17.3 Å². The third kappa shape index (κ3) is 6.87. The molecule has 0 unspecified atom stereocenters. The molecule has 11 heteroatoms. The van der Waals surface area contributed by atoms with Crippen molar-refractivity contribution in [3.8, 4) is 0 Å². The van der Waals surface area contributed by atoms with Crippen LogP contribution in [0.1, 0.15) is 37.0 Å². The maximum absolute atomic E-state index is 13.4. The smallest absolute Gasteiger partial charge is 0.383 e. The number of nitrogens with zero attached hydrogens (tertiary/aromatic N) is 3. The Morgan fingerprint density at radius 2 is 1.97 bits per heavy atom. The lowest BCUT2D eigenvalue weighted by Crippen LogP contribution is -2.42. The molecule has 0 bridgehead atoms. The Morgan fingerprint density at radius 1 is 1.21 bits per heavy atom. The quantitative estimate of drug-likeness (QED) is 0.385. The fraction of sp³-hybridized carbons (Fsp3) is 0.522. The fourth-order valence-electron chi connectivity index (χ4n) is 3.61. The number of carbonyl (C=O) groups excluding carboxylic acids is 1. The van der Waals surface area contributed by atoms with E-state index in [4.69, 9.17) is 0 Å². The maximum Gasteiger partial charge on any atom is 0.421 e. The van der Waals surface area contributed by atoms with Crippen LogP contribution in [0, 0.1) is 0 Å². The van der Waals surface area contributed by atoms with Gasteiger partial charge < -0.3 is 21.1 Å². The van der Waals surface area contributed by atoms with Crippen molar-refractivity contribution in [3.05, 3.63) is 41.1 Å². The molecule has 0 saturated heterocycles. The molecule has 3 rings (SSSR count). The summed E-state index contributed by atoms with van der Waals surface area (Å²) in [5, 5.41) is 18.6. The summed E-state index contributed by atoms with van der Waals surface area (Å²) in [5.41, 5.74) is 0.528. The van der Waals surface area contributed by atoms with Gasteiger partial charge in [-0.05, 0) is 63.5 Å². The molecule has 2 aromatic rings. The predicted molar refractivity (Wildman–Crippen MR) is 124 cm³/mol. The maximum atomic E-state index is 13.4. The van der Waals surface area contributed by atoms with E-state index in [1.165, 1.54) is 13.8 Å². The molecule has 0 aliphatic carbocycles. The van der Waals surface area contributed by atoms with E-state index in [9.17, 15) is 23.1 Å². The van der Waals surface area contributed by atoms with E-state index >= 15 is 0 Å². The summed E-state index contributed by atoms with van der Waals surface area (Å²) in [6.45, 7) is 5.39. The molecule has 1 aromatic heterocycles. The van der Waals surface area contributed by atoms with Crippen LogP contribution < -0.4 is 16.0 Å². The van der Waals surface area contributed by atoms with Gasteiger partial charge in [-0.1, -0.05) is 6.07 Å². The monoisotopic (exact) mass is 480 g/mol.